The van der Waals surface area contributed by atoms with Crippen LogP contribution in [0.25, 0.3) is 0 Å². The molecule has 0 amide bonds. The van der Waals surface area contributed by atoms with Gasteiger partial charge in [0, 0.05) is 0 Å². The molecule has 1 atom stereocenters. The minimum atomic E-state index is -1.01. The van der Waals surface area contributed by atoms with Crippen molar-refractivity contribution < 1.29 is 9.52 Å². The Bertz CT molecular complexity index is 214. The van der Waals surface area contributed by atoms with E-state index in [0.717, 1.165) is 0 Å². The van der Waals surface area contributed by atoms with Gasteiger partial charge in [0.2, 0.25) is 0 Å². The second kappa shape index (κ2) is 2.68. The lowest BCUT2D eigenvalue weighted by molar-refractivity contribution is -0.0881. The van der Waals surface area contributed by atoms with Crippen LogP contribution in [0.4, 0.5) is 0 Å². The van der Waals surface area contributed by atoms with Crippen molar-refractivity contribution in [3.63, 3.8) is 0 Å². The third kappa shape index (κ3) is 1.44. The van der Waals surface area contributed by atoms with Crippen LogP contribution in [-0.2, 0) is 5.72 Å². The van der Waals surface area contributed by atoms with Gasteiger partial charge in [-0.05, 0) is 33.2 Å². The number of furan rings is 1. The molecule has 0 aromatic carbocycles. The summed E-state index contributed by atoms with van der Waals surface area (Å²) in [6.45, 7) is 1.69. The fraction of sp³-hybridized carbons (Fsp3) is 0.500. The van der Waals surface area contributed by atoms with Gasteiger partial charge >= 0.3 is 0 Å². The molecular formula is C8H13NO2. The van der Waals surface area contributed by atoms with Crippen LogP contribution in [0.3, 0.4) is 0 Å². The summed E-state index contributed by atoms with van der Waals surface area (Å²) in [5, 5.41) is 9.78. The third-order valence-corrected chi connectivity index (χ3v) is 1.86. The molecule has 1 N–H and O–H groups in total. The van der Waals surface area contributed by atoms with Crippen LogP contribution in [-0.4, -0.2) is 24.1 Å². The van der Waals surface area contributed by atoms with E-state index in [-0.39, 0.29) is 0 Å². The van der Waals surface area contributed by atoms with Crippen LogP contribution in [0.2, 0.25) is 0 Å². The zero-order chi connectivity index (χ0) is 8.48. The molecule has 1 aromatic rings. The molecule has 3 nitrogen and oxygen atoms in total. The Morgan fingerprint density at radius 2 is 2.18 bits per heavy atom. The van der Waals surface area contributed by atoms with Gasteiger partial charge in [0.15, 0.2) is 5.72 Å². The summed E-state index contributed by atoms with van der Waals surface area (Å²) in [6, 6.07) is 3.51. The largest absolute Gasteiger partial charge is 0.465 e. The number of hydrogen-bond donors (Lipinski definition) is 1. The highest BCUT2D eigenvalue weighted by Gasteiger charge is 2.28. The Morgan fingerprint density at radius 3 is 2.55 bits per heavy atom. The number of rotatable bonds is 2. The topological polar surface area (TPSA) is 36.6 Å². The maximum absolute atomic E-state index is 9.78. The van der Waals surface area contributed by atoms with Gasteiger partial charge in [0.25, 0.3) is 0 Å². The van der Waals surface area contributed by atoms with Gasteiger partial charge < -0.3 is 9.52 Å². The molecule has 0 aliphatic carbocycles. The van der Waals surface area contributed by atoms with Gasteiger partial charge in [0.1, 0.15) is 5.76 Å². The standard InChI is InChI=1S/C8H13NO2/c1-8(10,9(2)3)7-5-4-6-11-7/h4-6,10H,1-3H3. The summed E-state index contributed by atoms with van der Waals surface area (Å²) in [5.74, 6) is 0.558. The van der Waals surface area contributed by atoms with Crippen LogP contribution in [0.1, 0.15) is 12.7 Å². The third-order valence-electron chi connectivity index (χ3n) is 1.86. The van der Waals surface area contributed by atoms with Crippen LogP contribution in [0, 0.1) is 0 Å². The minimum Gasteiger partial charge on any atom is -0.465 e. The number of nitrogens with zero attached hydrogens (tertiary/aromatic N) is 1. The van der Waals surface area contributed by atoms with Gasteiger partial charge in [-0.3, -0.25) is 4.90 Å². The zero-order valence-corrected chi connectivity index (χ0v) is 7.03. The van der Waals surface area contributed by atoms with Crippen LogP contribution >= 0.6 is 0 Å². The molecule has 62 valence electrons. The maximum atomic E-state index is 9.78. The Hall–Kier alpha value is -0.800. The first-order chi connectivity index (χ1) is 5.05. The molecule has 3 heteroatoms. The van der Waals surface area contributed by atoms with E-state index < -0.39 is 5.72 Å². The molecule has 1 aromatic heterocycles. The van der Waals surface area contributed by atoms with Crippen LogP contribution in [0.15, 0.2) is 22.8 Å². The normalized spacial score (nSPS) is 16.8. The number of hydrogen-bond acceptors (Lipinski definition) is 3. The maximum Gasteiger partial charge on any atom is 0.174 e. The van der Waals surface area contributed by atoms with E-state index in [1.807, 2.05) is 0 Å². The quantitative estimate of drug-likeness (QED) is 0.647. The average molecular weight is 155 g/mol. The monoisotopic (exact) mass is 155 g/mol. The van der Waals surface area contributed by atoms with E-state index in [2.05, 4.69) is 0 Å². The second-order valence-corrected chi connectivity index (χ2v) is 2.89. The molecule has 0 bridgehead atoms. The van der Waals surface area contributed by atoms with Crippen molar-refractivity contribution in [2.75, 3.05) is 14.1 Å². The van der Waals surface area contributed by atoms with Crippen molar-refractivity contribution in [3.8, 4) is 0 Å². The molecule has 0 radical (unpaired) electrons. The van der Waals surface area contributed by atoms with Crippen molar-refractivity contribution in [3.05, 3.63) is 24.2 Å². The van der Waals surface area contributed by atoms with Crippen molar-refractivity contribution in [2.45, 2.75) is 12.6 Å². The Kier molecular flexibility index (Phi) is 2.02. The Balaban J connectivity index is 2.90. The van der Waals surface area contributed by atoms with Crippen molar-refractivity contribution in [2.24, 2.45) is 0 Å². The lowest BCUT2D eigenvalue weighted by atomic mass is 10.2. The molecule has 0 fully saturated rings. The van der Waals surface area contributed by atoms with Crippen LogP contribution in [0.5, 0.6) is 0 Å². The SMILES string of the molecule is CN(C)C(C)(O)c1ccco1. The van der Waals surface area contributed by atoms with E-state index in [0.29, 0.717) is 5.76 Å². The highest BCUT2D eigenvalue weighted by molar-refractivity contribution is 5.06. The van der Waals surface area contributed by atoms with Gasteiger partial charge in [0.05, 0.1) is 6.26 Å². The molecule has 0 aliphatic rings. The first-order valence-corrected chi connectivity index (χ1v) is 3.49. The van der Waals surface area contributed by atoms with E-state index in [4.69, 9.17) is 4.42 Å². The summed E-state index contributed by atoms with van der Waals surface area (Å²) in [6.07, 6.45) is 1.55. The van der Waals surface area contributed by atoms with Crippen LogP contribution < -0.4 is 0 Å². The summed E-state index contributed by atoms with van der Waals surface area (Å²) < 4.78 is 5.07. The smallest absolute Gasteiger partial charge is 0.174 e. The molecule has 1 unspecified atom stereocenters. The predicted octanol–water partition coefficient (Wildman–Crippen LogP) is 1.01. The van der Waals surface area contributed by atoms with Gasteiger partial charge in [-0.25, -0.2) is 0 Å². The lowest BCUT2D eigenvalue weighted by Crippen LogP contribution is -2.37. The summed E-state index contributed by atoms with van der Waals surface area (Å²) in [7, 11) is 3.59. The summed E-state index contributed by atoms with van der Waals surface area (Å²) in [4.78, 5) is 1.69. The molecule has 1 rings (SSSR count). The van der Waals surface area contributed by atoms with Crippen molar-refractivity contribution >= 4 is 0 Å². The highest BCUT2D eigenvalue weighted by atomic mass is 16.4. The highest BCUT2D eigenvalue weighted by Crippen LogP contribution is 2.22. The lowest BCUT2D eigenvalue weighted by Gasteiger charge is -2.28. The fourth-order valence-electron chi connectivity index (χ4n) is 0.768. The van der Waals surface area contributed by atoms with Gasteiger partial charge in [-0.1, -0.05) is 0 Å². The molecule has 0 spiro atoms. The molecule has 11 heavy (non-hydrogen) atoms. The van der Waals surface area contributed by atoms with Gasteiger partial charge in [-0.15, -0.1) is 0 Å². The second-order valence-electron chi connectivity index (χ2n) is 2.89. The molecule has 0 aliphatic heterocycles. The molecular weight excluding hydrogens is 142 g/mol. The van der Waals surface area contributed by atoms with Crippen molar-refractivity contribution in [1.29, 1.82) is 0 Å². The Morgan fingerprint density at radius 1 is 1.55 bits per heavy atom. The molecule has 0 saturated carbocycles. The Labute approximate surface area is 66.2 Å². The first kappa shape index (κ1) is 8.30. The van der Waals surface area contributed by atoms with E-state index in [1.54, 1.807) is 44.3 Å². The van der Waals surface area contributed by atoms with E-state index in [1.165, 1.54) is 0 Å². The van der Waals surface area contributed by atoms with Crippen molar-refractivity contribution in [1.82, 2.24) is 4.90 Å². The summed E-state index contributed by atoms with van der Waals surface area (Å²) >= 11 is 0. The van der Waals surface area contributed by atoms with E-state index >= 15 is 0 Å². The first-order valence-electron chi connectivity index (χ1n) is 3.49. The van der Waals surface area contributed by atoms with E-state index in [9.17, 15) is 5.11 Å². The average Bonchev–Trinajstić information content (AvgIpc) is 2.37. The zero-order valence-electron chi connectivity index (χ0n) is 7.03. The van der Waals surface area contributed by atoms with Gasteiger partial charge in [-0.2, -0.15) is 0 Å². The minimum absolute atomic E-state index is 0.558. The number of aliphatic hydroxyl groups is 1. The predicted molar refractivity (Wildman–Crippen MR) is 42.0 cm³/mol. The molecule has 0 saturated heterocycles. The fourth-order valence-corrected chi connectivity index (χ4v) is 0.768. The molecule has 1 heterocycles. The summed E-state index contributed by atoms with van der Waals surface area (Å²) in [5.41, 5.74) is -1.01.